The van der Waals surface area contributed by atoms with Crippen LogP contribution < -0.4 is 15.4 Å². The fourth-order valence-electron chi connectivity index (χ4n) is 2.13. The van der Waals surface area contributed by atoms with E-state index in [1.54, 1.807) is 7.11 Å². The van der Waals surface area contributed by atoms with E-state index in [0.29, 0.717) is 5.11 Å². The van der Waals surface area contributed by atoms with Gasteiger partial charge in [0.15, 0.2) is 5.11 Å². The van der Waals surface area contributed by atoms with E-state index in [4.69, 9.17) is 17.0 Å². The number of anilines is 2. The smallest absolute Gasteiger partial charge is 0.175 e. The van der Waals surface area contributed by atoms with E-state index in [1.165, 1.54) is 5.56 Å². The van der Waals surface area contributed by atoms with Gasteiger partial charge in [0.1, 0.15) is 5.75 Å². The molecule has 21 heavy (non-hydrogen) atoms. The first kappa shape index (κ1) is 15.3. The molecular weight excluding hydrogens is 280 g/mol. The zero-order valence-corrected chi connectivity index (χ0v) is 13.4. The molecule has 0 atom stereocenters. The van der Waals surface area contributed by atoms with E-state index in [2.05, 4.69) is 23.6 Å². The highest BCUT2D eigenvalue weighted by Gasteiger charge is 2.05. The lowest BCUT2D eigenvalue weighted by molar-refractivity contribution is 0.414. The molecule has 2 rings (SSSR count). The van der Waals surface area contributed by atoms with Crippen molar-refractivity contribution in [2.45, 2.75) is 20.3 Å². The minimum Gasteiger partial charge on any atom is -0.497 e. The second-order valence-electron chi connectivity index (χ2n) is 4.77. The predicted octanol–water partition coefficient (Wildman–Crippen LogP) is 4.37. The standard InChI is InChI=1S/C17H20N2OS/c1-4-13-7-5-6-8-16(13)19-17(21)18-15-10-9-14(20-3)11-12(15)2/h5-11H,4H2,1-3H3,(H2,18,19,21). The Morgan fingerprint density at radius 2 is 1.81 bits per heavy atom. The summed E-state index contributed by atoms with van der Waals surface area (Å²) in [7, 11) is 1.66. The number of hydrogen-bond donors (Lipinski definition) is 2. The van der Waals surface area contributed by atoms with Gasteiger partial charge in [-0.25, -0.2) is 0 Å². The van der Waals surface area contributed by atoms with Crippen molar-refractivity contribution in [2.24, 2.45) is 0 Å². The van der Waals surface area contributed by atoms with Gasteiger partial charge in [0.05, 0.1) is 7.11 Å². The van der Waals surface area contributed by atoms with Gasteiger partial charge < -0.3 is 15.4 Å². The molecule has 3 nitrogen and oxygen atoms in total. The summed E-state index contributed by atoms with van der Waals surface area (Å²) in [5.74, 6) is 0.841. The Morgan fingerprint density at radius 1 is 1.10 bits per heavy atom. The number of rotatable bonds is 4. The summed E-state index contributed by atoms with van der Waals surface area (Å²) in [6, 6.07) is 14.0. The summed E-state index contributed by atoms with van der Waals surface area (Å²) in [5.41, 5.74) is 4.35. The van der Waals surface area contributed by atoms with Crippen LogP contribution in [-0.4, -0.2) is 12.2 Å². The van der Waals surface area contributed by atoms with Gasteiger partial charge in [-0.3, -0.25) is 0 Å². The summed E-state index contributed by atoms with van der Waals surface area (Å²) in [4.78, 5) is 0. The molecule has 0 aliphatic carbocycles. The second kappa shape index (κ2) is 7.09. The highest BCUT2D eigenvalue weighted by atomic mass is 32.1. The number of hydrogen-bond acceptors (Lipinski definition) is 2. The highest BCUT2D eigenvalue weighted by Crippen LogP contribution is 2.22. The molecule has 0 fully saturated rings. The largest absolute Gasteiger partial charge is 0.497 e. The topological polar surface area (TPSA) is 33.3 Å². The molecule has 0 aliphatic rings. The molecule has 4 heteroatoms. The van der Waals surface area contributed by atoms with Gasteiger partial charge in [-0.2, -0.15) is 0 Å². The molecule has 2 aromatic carbocycles. The van der Waals surface area contributed by atoms with Crippen LogP contribution in [0.5, 0.6) is 5.75 Å². The lowest BCUT2D eigenvalue weighted by Gasteiger charge is -2.15. The van der Waals surface area contributed by atoms with Crippen molar-refractivity contribution in [1.29, 1.82) is 0 Å². The maximum atomic E-state index is 5.39. The number of aryl methyl sites for hydroxylation is 2. The monoisotopic (exact) mass is 300 g/mol. The van der Waals surface area contributed by atoms with Crippen molar-refractivity contribution in [3.63, 3.8) is 0 Å². The third kappa shape index (κ3) is 3.95. The Morgan fingerprint density at radius 3 is 2.48 bits per heavy atom. The molecule has 0 amide bonds. The number of nitrogens with one attached hydrogen (secondary N) is 2. The van der Waals surface area contributed by atoms with Crippen LogP contribution in [0.4, 0.5) is 11.4 Å². The van der Waals surface area contributed by atoms with Crippen molar-refractivity contribution in [2.75, 3.05) is 17.7 Å². The fourth-order valence-corrected chi connectivity index (χ4v) is 2.35. The predicted molar refractivity (Wildman–Crippen MR) is 93.4 cm³/mol. The summed E-state index contributed by atoms with van der Waals surface area (Å²) < 4.78 is 5.20. The normalized spacial score (nSPS) is 10.0. The zero-order valence-electron chi connectivity index (χ0n) is 12.6. The minimum atomic E-state index is 0.587. The van der Waals surface area contributed by atoms with Crippen LogP contribution in [0.1, 0.15) is 18.1 Å². The Kier molecular flexibility index (Phi) is 5.17. The van der Waals surface area contributed by atoms with Gasteiger partial charge in [0.25, 0.3) is 0 Å². The van der Waals surface area contributed by atoms with Crippen LogP contribution in [0.25, 0.3) is 0 Å². The Bertz CT molecular complexity index is 640. The quantitative estimate of drug-likeness (QED) is 0.821. The summed E-state index contributed by atoms with van der Waals surface area (Å²) >= 11 is 5.39. The molecule has 0 aliphatic heterocycles. The number of thiocarbonyl (C=S) groups is 1. The Balaban J connectivity index is 2.08. The number of para-hydroxylation sites is 1. The first-order valence-electron chi connectivity index (χ1n) is 6.94. The highest BCUT2D eigenvalue weighted by molar-refractivity contribution is 7.80. The molecule has 0 unspecified atom stereocenters. The molecule has 0 saturated heterocycles. The molecule has 0 radical (unpaired) electrons. The summed E-state index contributed by atoms with van der Waals surface area (Å²) in [6.07, 6.45) is 0.966. The molecule has 0 spiro atoms. The van der Waals surface area contributed by atoms with Crippen LogP contribution in [0, 0.1) is 6.92 Å². The maximum Gasteiger partial charge on any atom is 0.175 e. The van der Waals surface area contributed by atoms with Crippen molar-refractivity contribution in [3.05, 3.63) is 53.6 Å². The van der Waals surface area contributed by atoms with Gasteiger partial charge in [-0.1, -0.05) is 25.1 Å². The number of methoxy groups -OCH3 is 1. The average Bonchev–Trinajstić information content (AvgIpc) is 2.49. The third-order valence-corrected chi connectivity index (χ3v) is 3.53. The first-order valence-corrected chi connectivity index (χ1v) is 7.35. The van der Waals surface area contributed by atoms with E-state index in [-0.39, 0.29) is 0 Å². The first-order chi connectivity index (χ1) is 10.1. The van der Waals surface area contributed by atoms with Gasteiger partial charge in [0, 0.05) is 11.4 Å². The van der Waals surface area contributed by atoms with Crippen molar-refractivity contribution >= 4 is 28.7 Å². The van der Waals surface area contributed by atoms with Crippen LogP contribution in [0.2, 0.25) is 0 Å². The Hall–Kier alpha value is -2.07. The second-order valence-corrected chi connectivity index (χ2v) is 5.18. The van der Waals surface area contributed by atoms with Crippen LogP contribution in [0.15, 0.2) is 42.5 Å². The van der Waals surface area contributed by atoms with E-state index < -0.39 is 0 Å². The maximum absolute atomic E-state index is 5.39. The van der Waals surface area contributed by atoms with Gasteiger partial charge in [-0.05, 0) is 61.0 Å². The molecule has 0 aromatic heterocycles. The number of ether oxygens (including phenoxy) is 1. The van der Waals surface area contributed by atoms with Crippen LogP contribution in [0.3, 0.4) is 0 Å². The van der Waals surface area contributed by atoms with Crippen LogP contribution in [-0.2, 0) is 6.42 Å². The van der Waals surface area contributed by atoms with E-state index in [9.17, 15) is 0 Å². The van der Waals surface area contributed by atoms with Crippen LogP contribution >= 0.6 is 12.2 Å². The van der Waals surface area contributed by atoms with Crippen molar-refractivity contribution < 1.29 is 4.74 Å². The van der Waals surface area contributed by atoms with Gasteiger partial charge >= 0.3 is 0 Å². The van der Waals surface area contributed by atoms with E-state index in [0.717, 1.165) is 29.1 Å². The van der Waals surface area contributed by atoms with Crippen molar-refractivity contribution in [1.82, 2.24) is 0 Å². The van der Waals surface area contributed by atoms with Crippen molar-refractivity contribution in [3.8, 4) is 5.75 Å². The lowest BCUT2D eigenvalue weighted by Crippen LogP contribution is -2.20. The van der Waals surface area contributed by atoms with E-state index in [1.807, 2.05) is 43.3 Å². The fraction of sp³-hybridized carbons (Fsp3) is 0.235. The molecule has 0 bridgehead atoms. The molecule has 0 heterocycles. The molecule has 110 valence electrons. The summed E-state index contributed by atoms with van der Waals surface area (Å²) in [5, 5.41) is 7.07. The molecule has 2 N–H and O–H groups in total. The Labute approximate surface area is 131 Å². The third-order valence-electron chi connectivity index (χ3n) is 3.33. The molecule has 2 aromatic rings. The zero-order chi connectivity index (χ0) is 15.2. The SMILES string of the molecule is CCc1ccccc1NC(=S)Nc1ccc(OC)cc1C. The van der Waals surface area contributed by atoms with Gasteiger partial charge in [-0.15, -0.1) is 0 Å². The van der Waals surface area contributed by atoms with E-state index >= 15 is 0 Å². The summed E-state index contributed by atoms with van der Waals surface area (Å²) in [6.45, 7) is 4.15. The number of benzene rings is 2. The lowest BCUT2D eigenvalue weighted by atomic mass is 10.1. The molecule has 0 saturated carbocycles. The minimum absolute atomic E-state index is 0.587. The van der Waals surface area contributed by atoms with Gasteiger partial charge in [0.2, 0.25) is 0 Å². The average molecular weight is 300 g/mol. The molecular formula is C17H20N2OS.